The van der Waals surface area contributed by atoms with Gasteiger partial charge in [0, 0.05) is 13.1 Å². The lowest BCUT2D eigenvalue weighted by Gasteiger charge is -2.09. The van der Waals surface area contributed by atoms with Gasteiger partial charge < -0.3 is 10.6 Å². The van der Waals surface area contributed by atoms with E-state index in [0.717, 1.165) is 18.2 Å². The number of rotatable bonds is 25. The zero-order valence-electron chi connectivity index (χ0n) is 22.8. The van der Waals surface area contributed by atoms with Gasteiger partial charge in [0.15, 0.2) is 5.16 Å². The van der Waals surface area contributed by atoms with E-state index in [1.165, 1.54) is 128 Å². The topological polar surface area (TPSA) is 62.7 Å². The van der Waals surface area contributed by atoms with Crippen LogP contribution in [0.4, 0.5) is 11.9 Å². The molecule has 1 aromatic rings. The fourth-order valence-electron chi connectivity index (χ4n) is 4.23. The van der Waals surface area contributed by atoms with E-state index in [0.29, 0.717) is 11.9 Å². The minimum absolute atomic E-state index is 0.709. The Bertz CT molecular complexity index is 525. The average molecular weight is 494 g/mol. The summed E-state index contributed by atoms with van der Waals surface area (Å²) in [5, 5.41) is 7.61. The SMILES string of the molecule is CCCCCCCCCCCCNc1nc(NCCCCCCCCCCCC)nc(SC)n1. The lowest BCUT2D eigenvalue weighted by atomic mass is 10.1. The Kier molecular flexibility index (Phi) is 21.6. The zero-order chi connectivity index (χ0) is 24.5. The number of nitrogens with one attached hydrogen (secondary N) is 2. The molecule has 0 bridgehead atoms. The Morgan fingerprint density at radius 2 is 0.794 bits per heavy atom. The summed E-state index contributed by atoms with van der Waals surface area (Å²) in [7, 11) is 0. The van der Waals surface area contributed by atoms with E-state index in [2.05, 4.69) is 39.4 Å². The van der Waals surface area contributed by atoms with Crippen molar-refractivity contribution in [3.8, 4) is 0 Å². The lowest BCUT2D eigenvalue weighted by Crippen LogP contribution is -2.11. The normalized spacial score (nSPS) is 11.1. The molecule has 2 N–H and O–H groups in total. The molecule has 34 heavy (non-hydrogen) atoms. The number of unbranched alkanes of at least 4 members (excludes halogenated alkanes) is 18. The van der Waals surface area contributed by atoms with Gasteiger partial charge in [0.1, 0.15) is 0 Å². The van der Waals surface area contributed by atoms with Crippen molar-refractivity contribution in [3.63, 3.8) is 0 Å². The van der Waals surface area contributed by atoms with Gasteiger partial charge in [-0.3, -0.25) is 0 Å². The van der Waals surface area contributed by atoms with E-state index in [-0.39, 0.29) is 0 Å². The van der Waals surface area contributed by atoms with Crippen molar-refractivity contribution in [2.75, 3.05) is 30.0 Å². The molecule has 0 unspecified atom stereocenters. The fourth-order valence-corrected chi connectivity index (χ4v) is 4.59. The zero-order valence-corrected chi connectivity index (χ0v) is 23.6. The summed E-state index contributed by atoms with van der Waals surface area (Å²) in [5.41, 5.74) is 0. The number of anilines is 2. The van der Waals surface area contributed by atoms with Crippen LogP contribution in [0.3, 0.4) is 0 Å². The minimum atomic E-state index is 0.709. The Morgan fingerprint density at radius 1 is 0.471 bits per heavy atom. The van der Waals surface area contributed by atoms with E-state index in [9.17, 15) is 0 Å². The Hall–Kier alpha value is -1.04. The van der Waals surface area contributed by atoms with Crippen molar-refractivity contribution >= 4 is 23.7 Å². The lowest BCUT2D eigenvalue weighted by molar-refractivity contribution is 0.559. The van der Waals surface area contributed by atoms with Crippen LogP contribution in [0.5, 0.6) is 0 Å². The van der Waals surface area contributed by atoms with Crippen LogP contribution in [0.2, 0.25) is 0 Å². The van der Waals surface area contributed by atoms with Crippen molar-refractivity contribution in [1.29, 1.82) is 0 Å². The van der Waals surface area contributed by atoms with Crippen molar-refractivity contribution < 1.29 is 0 Å². The molecule has 0 aliphatic rings. The summed E-state index contributed by atoms with van der Waals surface area (Å²) < 4.78 is 0. The minimum Gasteiger partial charge on any atom is -0.354 e. The van der Waals surface area contributed by atoms with E-state index >= 15 is 0 Å². The van der Waals surface area contributed by atoms with Crippen molar-refractivity contribution in [2.45, 2.75) is 147 Å². The van der Waals surface area contributed by atoms with Gasteiger partial charge in [-0.25, -0.2) is 0 Å². The summed E-state index contributed by atoms with van der Waals surface area (Å²) >= 11 is 1.57. The molecular formula is C28H55N5S. The van der Waals surface area contributed by atoms with Gasteiger partial charge in [-0.05, 0) is 19.1 Å². The summed E-state index contributed by atoms with van der Waals surface area (Å²) in [6, 6.07) is 0. The molecule has 1 rings (SSSR count). The molecule has 0 spiro atoms. The van der Waals surface area contributed by atoms with Gasteiger partial charge in [-0.1, -0.05) is 141 Å². The third kappa shape index (κ3) is 18.3. The van der Waals surface area contributed by atoms with Crippen molar-refractivity contribution in [2.24, 2.45) is 0 Å². The number of hydrogen-bond donors (Lipinski definition) is 2. The number of aromatic nitrogens is 3. The Morgan fingerprint density at radius 3 is 1.12 bits per heavy atom. The number of nitrogens with zero attached hydrogens (tertiary/aromatic N) is 3. The highest BCUT2D eigenvalue weighted by molar-refractivity contribution is 7.98. The Labute approximate surface area is 215 Å². The van der Waals surface area contributed by atoms with E-state index in [1.807, 2.05) is 6.26 Å². The first-order chi connectivity index (χ1) is 16.8. The molecule has 6 heteroatoms. The van der Waals surface area contributed by atoms with Crippen LogP contribution >= 0.6 is 11.8 Å². The molecule has 0 radical (unpaired) electrons. The van der Waals surface area contributed by atoms with Crippen LogP contribution in [0, 0.1) is 0 Å². The Balaban J connectivity index is 2.10. The first-order valence-corrected chi connectivity index (χ1v) is 15.8. The molecule has 0 amide bonds. The van der Waals surface area contributed by atoms with Crippen LogP contribution in [0.15, 0.2) is 5.16 Å². The third-order valence-electron chi connectivity index (χ3n) is 6.42. The van der Waals surface area contributed by atoms with E-state index < -0.39 is 0 Å². The molecule has 1 aromatic heterocycles. The molecule has 198 valence electrons. The molecular weight excluding hydrogens is 438 g/mol. The number of thioether (sulfide) groups is 1. The molecule has 1 heterocycles. The molecule has 5 nitrogen and oxygen atoms in total. The van der Waals surface area contributed by atoms with Gasteiger partial charge in [-0.15, -0.1) is 0 Å². The van der Waals surface area contributed by atoms with Gasteiger partial charge in [0.25, 0.3) is 0 Å². The maximum Gasteiger partial charge on any atom is 0.228 e. The molecule has 0 atom stereocenters. The predicted octanol–water partition coefficient (Wildman–Crippen LogP) is 9.26. The van der Waals surface area contributed by atoms with Gasteiger partial charge in [0.2, 0.25) is 11.9 Å². The second-order valence-electron chi connectivity index (χ2n) is 9.69. The molecule has 0 saturated carbocycles. The monoisotopic (exact) mass is 493 g/mol. The van der Waals surface area contributed by atoms with Crippen LogP contribution < -0.4 is 10.6 Å². The third-order valence-corrected chi connectivity index (χ3v) is 6.97. The van der Waals surface area contributed by atoms with Crippen LogP contribution in [0.25, 0.3) is 0 Å². The highest BCUT2D eigenvalue weighted by Crippen LogP contribution is 2.15. The van der Waals surface area contributed by atoms with Crippen molar-refractivity contribution in [1.82, 2.24) is 15.0 Å². The smallest absolute Gasteiger partial charge is 0.228 e. The molecule has 0 aliphatic carbocycles. The molecule has 0 fully saturated rings. The highest BCUT2D eigenvalue weighted by Gasteiger charge is 2.05. The maximum atomic E-state index is 4.59. The van der Waals surface area contributed by atoms with Gasteiger partial charge >= 0.3 is 0 Å². The standard InChI is InChI=1S/C28H55N5S/c1-4-6-8-10-12-14-16-18-20-22-24-29-26-31-27(33-28(32-26)34-3)30-25-23-21-19-17-15-13-11-9-7-5-2/h4-25H2,1-3H3,(H2,29,30,31,32,33). The van der Waals surface area contributed by atoms with Crippen LogP contribution in [0.1, 0.15) is 142 Å². The molecule has 0 aliphatic heterocycles. The van der Waals surface area contributed by atoms with Gasteiger partial charge in [-0.2, -0.15) is 15.0 Å². The number of hydrogen-bond acceptors (Lipinski definition) is 6. The largest absolute Gasteiger partial charge is 0.354 e. The quantitative estimate of drug-likeness (QED) is 0.104. The summed E-state index contributed by atoms with van der Waals surface area (Å²) in [5.74, 6) is 1.42. The summed E-state index contributed by atoms with van der Waals surface area (Å²) in [4.78, 5) is 13.6. The maximum absolute atomic E-state index is 4.59. The second kappa shape index (κ2) is 23.7. The van der Waals surface area contributed by atoms with E-state index in [1.54, 1.807) is 11.8 Å². The van der Waals surface area contributed by atoms with Crippen LogP contribution in [-0.2, 0) is 0 Å². The molecule has 0 saturated heterocycles. The average Bonchev–Trinajstić information content (AvgIpc) is 2.85. The molecule has 0 aromatic carbocycles. The van der Waals surface area contributed by atoms with Gasteiger partial charge in [0.05, 0.1) is 0 Å². The fraction of sp³-hybridized carbons (Fsp3) is 0.893. The predicted molar refractivity (Wildman–Crippen MR) is 152 cm³/mol. The first kappa shape index (κ1) is 31.0. The summed E-state index contributed by atoms with van der Waals surface area (Å²) in [6.45, 7) is 6.44. The van der Waals surface area contributed by atoms with Crippen LogP contribution in [-0.4, -0.2) is 34.3 Å². The summed E-state index contributed by atoms with van der Waals surface area (Å²) in [6.07, 6.45) is 29.1. The van der Waals surface area contributed by atoms with Crippen molar-refractivity contribution in [3.05, 3.63) is 0 Å². The highest BCUT2D eigenvalue weighted by atomic mass is 32.2. The van der Waals surface area contributed by atoms with E-state index in [4.69, 9.17) is 0 Å². The second-order valence-corrected chi connectivity index (χ2v) is 10.5. The first-order valence-electron chi connectivity index (χ1n) is 14.6.